The highest BCUT2D eigenvalue weighted by molar-refractivity contribution is 6.32. The molecular formula is C20H24ClN3O. The second kappa shape index (κ2) is 7.98. The molecule has 0 fully saturated rings. The van der Waals surface area contributed by atoms with Gasteiger partial charge in [-0.2, -0.15) is 0 Å². The Morgan fingerprint density at radius 2 is 2.00 bits per heavy atom. The van der Waals surface area contributed by atoms with E-state index in [-0.39, 0.29) is 17.1 Å². The lowest BCUT2D eigenvalue weighted by molar-refractivity contribution is 0.0904. The molecule has 2 heterocycles. The number of hydrogen-bond donors (Lipinski definition) is 1. The minimum atomic E-state index is -0.166. The fraction of sp³-hybridized carbons (Fsp3) is 0.400. The SMILES string of the molecule is CC(C)[C@H](CNC(=O)c1cccnc1Cl)N1CCc2ccccc2C1. The summed E-state index contributed by atoms with van der Waals surface area (Å²) in [5, 5.41) is 3.28. The summed E-state index contributed by atoms with van der Waals surface area (Å²) in [6.07, 6.45) is 2.64. The van der Waals surface area contributed by atoms with E-state index in [4.69, 9.17) is 11.6 Å². The molecule has 0 saturated heterocycles. The zero-order valence-electron chi connectivity index (χ0n) is 14.7. The van der Waals surface area contributed by atoms with Crippen LogP contribution in [0.5, 0.6) is 0 Å². The summed E-state index contributed by atoms with van der Waals surface area (Å²) in [5.41, 5.74) is 3.25. The molecule has 1 amide bonds. The molecule has 5 heteroatoms. The Balaban J connectivity index is 1.66. The molecule has 25 heavy (non-hydrogen) atoms. The molecule has 1 atom stereocenters. The summed E-state index contributed by atoms with van der Waals surface area (Å²) in [5.74, 6) is 0.274. The molecule has 1 aliphatic heterocycles. The smallest absolute Gasteiger partial charge is 0.254 e. The van der Waals surface area contributed by atoms with Crippen molar-refractivity contribution in [2.75, 3.05) is 13.1 Å². The first kappa shape index (κ1) is 17.9. The summed E-state index contributed by atoms with van der Waals surface area (Å²) >= 11 is 6.02. The lowest BCUT2D eigenvalue weighted by Crippen LogP contribution is -2.48. The van der Waals surface area contributed by atoms with Crippen LogP contribution in [0.4, 0.5) is 0 Å². The van der Waals surface area contributed by atoms with E-state index in [1.54, 1.807) is 18.3 Å². The predicted molar refractivity (Wildman–Crippen MR) is 101 cm³/mol. The van der Waals surface area contributed by atoms with Crippen molar-refractivity contribution in [1.29, 1.82) is 0 Å². The molecule has 1 aromatic heterocycles. The first-order chi connectivity index (χ1) is 12.1. The van der Waals surface area contributed by atoms with Gasteiger partial charge in [-0.05, 0) is 35.6 Å². The van der Waals surface area contributed by atoms with Gasteiger partial charge in [0.1, 0.15) is 5.15 Å². The van der Waals surface area contributed by atoms with Crippen LogP contribution in [0.2, 0.25) is 5.15 Å². The fourth-order valence-electron chi connectivity index (χ4n) is 3.43. The van der Waals surface area contributed by atoms with Crippen molar-refractivity contribution in [2.24, 2.45) is 5.92 Å². The fourth-order valence-corrected chi connectivity index (χ4v) is 3.64. The minimum Gasteiger partial charge on any atom is -0.350 e. The van der Waals surface area contributed by atoms with Gasteiger partial charge in [0.2, 0.25) is 0 Å². The van der Waals surface area contributed by atoms with Crippen LogP contribution in [0.15, 0.2) is 42.6 Å². The molecule has 1 N–H and O–H groups in total. The molecule has 0 radical (unpaired) electrons. The second-order valence-corrected chi connectivity index (χ2v) is 7.21. The van der Waals surface area contributed by atoms with Gasteiger partial charge in [-0.25, -0.2) is 4.98 Å². The molecule has 132 valence electrons. The Morgan fingerprint density at radius 3 is 2.72 bits per heavy atom. The van der Waals surface area contributed by atoms with Crippen molar-refractivity contribution in [3.63, 3.8) is 0 Å². The van der Waals surface area contributed by atoms with E-state index in [0.29, 0.717) is 18.0 Å². The normalized spacial score (nSPS) is 15.7. The molecule has 0 unspecified atom stereocenters. The van der Waals surface area contributed by atoms with Crippen LogP contribution in [0.3, 0.4) is 0 Å². The topological polar surface area (TPSA) is 45.2 Å². The second-order valence-electron chi connectivity index (χ2n) is 6.85. The average Bonchev–Trinajstić information content (AvgIpc) is 2.61. The largest absolute Gasteiger partial charge is 0.350 e. The van der Waals surface area contributed by atoms with E-state index in [0.717, 1.165) is 19.5 Å². The van der Waals surface area contributed by atoms with E-state index >= 15 is 0 Å². The Morgan fingerprint density at radius 1 is 1.24 bits per heavy atom. The Bertz CT molecular complexity index is 747. The van der Waals surface area contributed by atoms with Crippen LogP contribution < -0.4 is 5.32 Å². The van der Waals surface area contributed by atoms with Crippen LogP contribution >= 0.6 is 11.6 Å². The third-order valence-corrected chi connectivity index (χ3v) is 5.18. The summed E-state index contributed by atoms with van der Waals surface area (Å²) in [6.45, 7) is 6.96. The zero-order valence-corrected chi connectivity index (χ0v) is 15.5. The van der Waals surface area contributed by atoms with Crippen molar-refractivity contribution in [3.05, 3.63) is 64.4 Å². The van der Waals surface area contributed by atoms with Crippen molar-refractivity contribution < 1.29 is 4.79 Å². The maximum absolute atomic E-state index is 12.4. The number of rotatable bonds is 5. The number of hydrogen-bond acceptors (Lipinski definition) is 3. The van der Waals surface area contributed by atoms with Crippen molar-refractivity contribution >= 4 is 17.5 Å². The molecule has 0 saturated carbocycles. The highest BCUT2D eigenvalue weighted by atomic mass is 35.5. The number of fused-ring (bicyclic) bond motifs is 1. The summed E-state index contributed by atoms with van der Waals surface area (Å²) in [4.78, 5) is 18.9. The molecule has 3 rings (SSSR count). The molecule has 1 aromatic carbocycles. The van der Waals surface area contributed by atoms with Gasteiger partial charge >= 0.3 is 0 Å². The van der Waals surface area contributed by atoms with Crippen LogP contribution in [-0.4, -0.2) is 34.9 Å². The first-order valence-corrected chi connectivity index (χ1v) is 9.13. The summed E-state index contributed by atoms with van der Waals surface area (Å²) < 4.78 is 0. The lowest BCUT2D eigenvalue weighted by Gasteiger charge is -2.38. The Labute approximate surface area is 154 Å². The van der Waals surface area contributed by atoms with E-state index in [2.05, 4.69) is 53.3 Å². The van der Waals surface area contributed by atoms with E-state index in [1.807, 2.05) is 0 Å². The van der Waals surface area contributed by atoms with Gasteiger partial charge in [0.15, 0.2) is 0 Å². The molecule has 0 bridgehead atoms. The van der Waals surface area contributed by atoms with Crippen LogP contribution in [0.25, 0.3) is 0 Å². The van der Waals surface area contributed by atoms with Crippen molar-refractivity contribution in [2.45, 2.75) is 32.9 Å². The highest BCUT2D eigenvalue weighted by Gasteiger charge is 2.26. The quantitative estimate of drug-likeness (QED) is 0.832. The first-order valence-electron chi connectivity index (χ1n) is 8.76. The van der Waals surface area contributed by atoms with Gasteiger partial charge in [0.25, 0.3) is 5.91 Å². The number of nitrogens with zero attached hydrogens (tertiary/aromatic N) is 2. The standard InChI is InChI=1S/C20H24ClN3O/c1-14(2)18(12-23-20(25)17-8-5-10-22-19(17)21)24-11-9-15-6-3-4-7-16(15)13-24/h3-8,10,14,18H,9,11-13H2,1-2H3,(H,23,25)/t18-/m0/s1. The van der Waals surface area contributed by atoms with E-state index < -0.39 is 0 Å². The maximum Gasteiger partial charge on any atom is 0.254 e. The van der Waals surface area contributed by atoms with Gasteiger partial charge in [-0.15, -0.1) is 0 Å². The molecule has 4 nitrogen and oxygen atoms in total. The van der Waals surface area contributed by atoms with Crippen LogP contribution in [-0.2, 0) is 13.0 Å². The average molecular weight is 358 g/mol. The molecule has 0 spiro atoms. The zero-order chi connectivity index (χ0) is 17.8. The van der Waals surface area contributed by atoms with Crippen molar-refractivity contribution in [1.82, 2.24) is 15.2 Å². The summed E-state index contributed by atoms with van der Waals surface area (Å²) in [6, 6.07) is 12.3. The molecule has 1 aliphatic rings. The number of benzene rings is 1. The number of amides is 1. The van der Waals surface area contributed by atoms with E-state index in [9.17, 15) is 4.79 Å². The molecule has 0 aliphatic carbocycles. The number of halogens is 1. The number of nitrogens with one attached hydrogen (secondary N) is 1. The lowest BCUT2D eigenvalue weighted by atomic mass is 9.95. The maximum atomic E-state index is 12.4. The van der Waals surface area contributed by atoms with E-state index in [1.165, 1.54) is 11.1 Å². The summed E-state index contributed by atoms with van der Waals surface area (Å²) in [7, 11) is 0. The predicted octanol–water partition coefficient (Wildman–Crippen LogP) is 3.55. The number of aromatic nitrogens is 1. The molecule has 2 aromatic rings. The van der Waals surface area contributed by atoms with Gasteiger partial charge in [-0.3, -0.25) is 9.69 Å². The Kier molecular flexibility index (Phi) is 5.71. The van der Waals surface area contributed by atoms with Gasteiger partial charge in [0.05, 0.1) is 5.56 Å². The van der Waals surface area contributed by atoms with Crippen molar-refractivity contribution in [3.8, 4) is 0 Å². The molecular weight excluding hydrogens is 334 g/mol. The Hall–Kier alpha value is -1.91. The van der Waals surface area contributed by atoms with Gasteiger partial charge in [-0.1, -0.05) is 49.7 Å². The number of pyridine rings is 1. The van der Waals surface area contributed by atoms with Crippen LogP contribution in [0, 0.1) is 5.92 Å². The third-order valence-electron chi connectivity index (χ3n) is 4.87. The third kappa shape index (κ3) is 4.20. The van der Waals surface area contributed by atoms with Crippen LogP contribution in [0.1, 0.15) is 35.3 Å². The number of carbonyl (C=O) groups excluding carboxylic acids is 1. The monoisotopic (exact) mass is 357 g/mol. The number of carbonyl (C=O) groups is 1. The minimum absolute atomic E-state index is 0.166. The van der Waals surface area contributed by atoms with Gasteiger partial charge in [0, 0.05) is 31.9 Å². The highest BCUT2D eigenvalue weighted by Crippen LogP contribution is 2.23. The van der Waals surface area contributed by atoms with Gasteiger partial charge < -0.3 is 5.32 Å².